The molecule has 2 aromatic rings. The molecule has 2 aromatic carbocycles. The molecule has 1 aliphatic rings. The van der Waals surface area contributed by atoms with Gasteiger partial charge in [0.15, 0.2) is 12.4 Å². The van der Waals surface area contributed by atoms with Crippen molar-refractivity contribution >= 4 is 11.8 Å². The number of hydrogen-bond donors (Lipinski definition) is 2. The van der Waals surface area contributed by atoms with E-state index in [1.165, 1.54) is 12.1 Å². The molecule has 0 aromatic heterocycles. The number of ketones is 1. The second kappa shape index (κ2) is 8.48. The normalized spacial score (nSPS) is 17.9. The van der Waals surface area contributed by atoms with E-state index in [1.54, 1.807) is 30.3 Å². The predicted molar refractivity (Wildman–Crippen MR) is 114 cm³/mol. The minimum absolute atomic E-state index is 0.125. The summed E-state index contributed by atoms with van der Waals surface area (Å²) < 4.78 is 11.1. The Labute approximate surface area is 177 Å². The molecule has 0 amide bonds. The highest BCUT2D eigenvalue weighted by atomic mass is 16.6. The van der Waals surface area contributed by atoms with Crippen molar-refractivity contribution in [3.05, 3.63) is 59.7 Å². The van der Waals surface area contributed by atoms with E-state index in [4.69, 9.17) is 9.47 Å². The first kappa shape index (κ1) is 21.8. The topological polar surface area (TPSA) is 84.9 Å². The molecular formula is C24H29NO5. The summed E-state index contributed by atoms with van der Waals surface area (Å²) in [4.78, 5) is 24.8. The largest absolute Gasteiger partial charge is 0.507 e. The molecule has 1 saturated heterocycles. The average molecular weight is 411 g/mol. The van der Waals surface area contributed by atoms with Gasteiger partial charge in [-0.3, -0.25) is 4.79 Å². The molecule has 0 spiro atoms. The second-order valence-electron chi connectivity index (χ2n) is 9.08. The lowest BCUT2D eigenvalue weighted by atomic mass is 9.81. The average Bonchev–Trinajstić information content (AvgIpc) is 2.64. The van der Waals surface area contributed by atoms with Crippen LogP contribution >= 0.6 is 0 Å². The van der Waals surface area contributed by atoms with E-state index in [0.29, 0.717) is 11.3 Å². The number of aromatic hydroxyl groups is 1. The van der Waals surface area contributed by atoms with Crippen molar-refractivity contribution in [3.63, 3.8) is 0 Å². The fraction of sp³-hybridized carbons (Fsp3) is 0.417. The number of hydrogen-bond acceptors (Lipinski definition) is 6. The number of esters is 1. The van der Waals surface area contributed by atoms with Crippen LogP contribution in [-0.2, 0) is 9.53 Å². The lowest BCUT2D eigenvalue weighted by Crippen LogP contribution is -2.59. The third-order valence-electron chi connectivity index (χ3n) is 5.06. The van der Waals surface area contributed by atoms with Crippen LogP contribution in [0.1, 0.15) is 56.5 Å². The van der Waals surface area contributed by atoms with Gasteiger partial charge in [0.1, 0.15) is 17.6 Å². The van der Waals surface area contributed by atoms with Gasteiger partial charge < -0.3 is 19.9 Å². The fourth-order valence-corrected chi connectivity index (χ4v) is 4.21. The minimum Gasteiger partial charge on any atom is -0.507 e. The number of phenolic OH excluding ortho intramolecular Hbond substituents is 1. The molecule has 6 heteroatoms. The number of nitrogens with one attached hydrogen (secondary N) is 1. The van der Waals surface area contributed by atoms with Crippen LogP contribution in [-0.4, -0.2) is 40.6 Å². The number of benzene rings is 2. The van der Waals surface area contributed by atoms with Crippen LogP contribution < -0.4 is 10.1 Å². The van der Waals surface area contributed by atoms with Crippen molar-refractivity contribution in [3.8, 4) is 11.5 Å². The Balaban J connectivity index is 1.58. The highest BCUT2D eigenvalue weighted by Gasteiger charge is 2.39. The Bertz CT molecular complexity index is 904. The van der Waals surface area contributed by atoms with Crippen molar-refractivity contribution in [1.29, 1.82) is 0 Å². The Kier molecular flexibility index (Phi) is 6.17. The molecule has 6 nitrogen and oxygen atoms in total. The zero-order valence-corrected chi connectivity index (χ0v) is 17.9. The molecule has 1 aliphatic heterocycles. The van der Waals surface area contributed by atoms with Crippen LogP contribution in [0.3, 0.4) is 0 Å². The number of phenols is 1. The lowest BCUT2D eigenvalue weighted by Gasteiger charge is -2.45. The maximum Gasteiger partial charge on any atom is 0.344 e. The van der Waals surface area contributed by atoms with Crippen molar-refractivity contribution in [1.82, 2.24) is 5.32 Å². The van der Waals surface area contributed by atoms with Gasteiger partial charge in [-0.25, -0.2) is 4.79 Å². The summed E-state index contributed by atoms with van der Waals surface area (Å²) >= 11 is 0. The third kappa shape index (κ3) is 5.60. The minimum atomic E-state index is -0.461. The SMILES string of the molecule is CC1(C)CC(OC(=O)COc2ccc(C(=O)c3ccccc3)c(O)c2)CC(C)(C)N1. The Morgan fingerprint density at radius 2 is 1.67 bits per heavy atom. The molecule has 3 rings (SSSR count). The molecule has 1 heterocycles. The molecule has 2 N–H and O–H groups in total. The van der Waals surface area contributed by atoms with Crippen molar-refractivity contribution in [2.75, 3.05) is 6.61 Å². The Morgan fingerprint density at radius 3 is 2.27 bits per heavy atom. The summed E-state index contributed by atoms with van der Waals surface area (Å²) in [5.74, 6) is -0.649. The zero-order valence-electron chi connectivity index (χ0n) is 17.9. The maximum atomic E-state index is 12.5. The van der Waals surface area contributed by atoms with Gasteiger partial charge in [-0.1, -0.05) is 30.3 Å². The number of carbonyl (C=O) groups excluding carboxylic acids is 2. The molecule has 0 saturated carbocycles. The summed E-state index contributed by atoms with van der Waals surface area (Å²) in [5, 5.41) is 13.8. The number of carbonyl (C=O) groups is 2. The first-order valence-corrected chi connectivity index (χ1v) is 10.1. The maximum absolute atomic E-state index is 12.5. The molecule has 0 atom stereocenters. The molecule has 0 radical (unpaired) electrons. The molecule has 30 heavy (non-hydrogen) atoms. The molecule has 0 bridgehead atoms. The Morgan fingerprint density at radius 1 is 1.03 bits per heavy atom. The highest BCUT2D eigenvalue weighted by molar-refractivity contribution is 6.10. The number of rotatable bonds is 6. The van der Waals surface area contributed by atoms with E-state index < -0.39 is 5.97 Å². The lowest BCUT2D eigenvalue weighted by molar-refractivity contribution is -0.155. The van der Waals surface area contributed by atoms with E-state index in [1.807, 2.05) is 6.07 Å². The van der Waals surface area contributed by atoms with Crippen molar-refractivity contribution < 1.29 is 24.2 Å². The van der Waals surface area contributed by atoms with Gasteiger partial charge in [-0.15, -0.1) is 0 Å². The summed E-state index contributed by atoms with van der Waals surface area (Å²) in [6.07, 6.45) is 1.25. The van der Waals surface area contributed by atoms with Crippen LogP contribution in [0.4, 0.5) is 0 Å². The van der Waals surface area contributed by atoms with Gasteiger partial charge in [0.25, 0.3) is 0 Å². The van der Waals surface area contributed by atoms with E-state index in [2.05, 4.69) is 33.0 Å². The second-order valence-corrected chi connectivity index (χ2v) is 9.08. The molecule has 160 valence electrons. The molecular weight excluding hydrogens is 382 g/mol. The summed E-state index contributed by atoms with van der Waals surface area (Å²) in [5.41, 5.74) is 0.411. The number of ether oxygens (including phenoxy) is 2. The van der Waals surface area contributed by atoms with Crippen LogP contribution in [0.25, 0.3) is 0 Å². The van der Waals surface area contributed by atoms with E-state index >= 15 is 0 Å². The van der Waals surface area contributed by atoms with E-state index in [-0.39, 0.29) is 40.9 Å². The van der Waals surface area contributed by atoms with Gasteiger partial charge >= 0.3 is 5.97 Å². The monoisotopic (exact) mass is 411 g/mol. The molecule has 1 fully saturated rings. The van der Waals surface area contributed by atoms with Gasteiger partial charge in [-0.2, -0.15) is 0 Å². The van der Waals surface area contributed by atoms with Crippen LogP contribution in [0.15, 0.2) is 48.5 Å². The van der Waals surface area contributed by atoms with E-state index in [0.717, 1.165) is 12.8 Å². The predicted octanol–water partition coefficient (Wildman–Crippen LogP) is 3.85. The van der Waals surface area contributed by atoms with Crippen LogP contribution in [0.5, 0.6) is 11.5 Å². The van der Waals surface area contributed by atoms with Gasteiger partial charge in [0, 0.05) is 35.5 Å². The fourth-order valence-electron chi connectivity index (χ4n) is 4.21. The van der Waals surface area contributed by atoms with E-state index in [9.17, 15) is 14.7 Å². The van der Waals surface area contributed by atoms with Crippen molar-refractivity contribution in [2.45, 2.75) is 57.7 Å². The van der Waals surface area contributed by atoms with Crippen molar-refractivity contribution in [2.24, 2.45) is 0 Å². The standard InChI is InChI=1S/C24H29NO5/c1-23(2)13-18(14-24(3,4)25-23)30-21(27)15-29-17-10-11-19(20(26)12-17)22(28)16-8-6-5-7-9-16/h5-12,18,25-26H,13-15H2,1-4H3. The first-order valence-electron chi connectivity index (χ1n) is 10.1. The number of piperidine rings is 1. The highest BCUT2D eigenvalue weighted by Crippen LogP contribution is 2.30. The Hall–Kier alpha value is -2.86. The summed E-state index contributed by atoms with van der Waals surface area (Å²) in [7, 11) is 0. The molecule has 0 unspecified atom stereocenters. The summed E-state index contributed by atoms with van der Waals surface area (Å²) in [6.45, 7) is 8.09. The zero-order chi connectivity index (χ0) is 21.9. The first-order chi connectivity index (χ1) is 14.0. The quantitative estimate of drug-likeness (QED) is 0.555. The molecule has 0 aliphatic carbocycles. The van der Waals surface area contributed by atoms with Gasteiger partial charge in [0.05, 0.1) is 5.56 Å². The van der Waals surface area contributed by atoms with Gasteiger partial charge in [0.2, 0.25) is 0 Å². The summed E-state index contributed by atoms with van der Waals surface area (Å²) in [6, 6.07) is 13.1. The third-order valence-corrected chi connectivity index (χ3v) is 5.06. The smallest absolute Gasteiger partial charge is 0.344 e. The van der Waals surface area contributed by atoms with Crippen LogP contribution in [0.2, 0.25) is 0 Å². The van der Waals surface area contributed by atoms with Gasteiger partial charge in [-0.05, 0) is 39.8 Å². The van der Waals surface area contributed by atoms with Crippen LogP contribution in [0, 0.1) is 0 Å².